The highest BCUT2D eigenvalue weighted by atomic mass is 32.1. The molecule has 566 valence electrons. The van der Waals surface area contributed by atoms with Crippen molar-refractivity contribution in [2.24, 2.45) is 0 Å². The van der Waals surface area contributed by atoms with Gasteiger partial charge < -0.3 is 14.2 Å². The van der Waals surface area contributed by atoms with Crippen LogP contribution in [0.5, 0.6) is 0 Å². The van der Waals surface area contributed by atoms with Crippen LogP contribution in [0.25, 0.3) is 165 Å². The Morgan fingerprint density at radius 3 is 1.40 bits per heavy atom. The normalized spacial score (nSPS) is 12.2. The van der Waals surface area contributed by atoms with Crippen molar-refractivity contribution >= 4 is 87.6 Å². The summed E-state index contributed by atoms with van der Waals surface area (Å²) in [5.41, 5.74) is 39.0. The zero-order chi connectivity index (χ0) is 79.7. The number of aryl methyl sites for hydroxylation is 2. The van der Waals surface area contributed by atoms with Crippen molar-refractivity contribution in [2.45, 2.75) is 46.0 Å². The molecule has 0 saturated heterocycles. The lowest BCUT2D eigenvalue weighted by Gasteiger charge is -2.32. The van der Waals surface area contributed by atoms with Gasteiger partial charge in [-0.25, -0.2) is 0 Å². The molecule has 0 fully saturated rings. The van der Waals surface area contributed by atoms with Gasteiger partial charge in [-0.2, -0.15) is 0 Å². The maximum atomic E-state index is 6.47. The Labute approximate surface area is 700 Å². The average molecular weight is 1540 g/mol. The molecule has 0 bridgehead atoms. The van der Waals surface area contributed by atoms with Crippen LogP contribution >= 0.6 is 11.3 Å². The van der Waals surface area contributed by atoms with E-state index in [0.717, 1.165) is 152 Å². The Morgan fingerprint density at radius 1 is 0.244 bits per heavy atom. The standard InChI is InChI=1S/C115H84N2OS/c1-5-75-58-65-86(116(85-63-59-77(60-64-85)83-62-68-96-95-44-22-26-56-109(95)118-110(96)72-83)107-54-30-48-91(79-34-12-8-13-35-79)112(107)98-46-18-16-40-88(98)78-32-10-7-11-33-78)73-102(75)90-67-61-82(70-76(90)6-2)81-38-28-39-84(71-81)89-41-17-19-47-99(89)113-92(80-36-14-9-15-37-80)49-31-55-108(113)117(87-66-69-105-103(74-87)93-42-20-24-52-104(93)115(105,3)4)106-53-25-21-43-94(106)100-50-29-51-101-97-45-23-27-57-111(97)119-114(100)101/h7-74H,5-6H2,1-4H3. The van der Waals surface area contributed by atoms with Gasteiger partial charge in [0.2, 0.25) is 0 Å². The molecule has 0 radical (unpaired) electrons. The predicted molar refractivity (Wildman–Crippen MR) is 507 cm³/mol. The second kappa shape index (κ2) is 30.3. The third-order valence-electron chi connectivity index (χ3n) is 24.7. The lowest BCUT2D eigenvalue weighted by Crippen LogP contribution is -2.16. The van der Waals surface area contributed by atoms with Crippen molar-refractivity contribution in [2.75, 3.05) is 9.80 Å². The lowest BCUT2D eigenvalue weighted by atomic mass is 9.82. The lowest BCUT2D eigenvalue weighted by molar-refractivity contribution is 0.660. The molecule has 1 aliphatic rings. The highest BCUT2D eigenvalue weighted by molar-refractivity contribution is 7.26. The van der Waals surface area contributed by atoms with E-state index in [2.05, 4.69) is 444 Å². The second-order valence-electron chi connectivity index (χ2n) is 31.8. The zero-order valence-corrected chi connectivity index (χ0v) is 67.7. The second-order valence-corrected chi connectivity index (χ2v) is 32.9. The zero-order valence-electron chi connectivity index (χ0n) is 66.9. The first-order valence-corrected chi connectivity index (χ1v) is 42.4. The third-order valence-corrected chi connectivity index (χ3v) is 26.0. The molecule has 1 aliphatic carbocycles. The maximum Gasteiger partial charge on any atom is 0.136 e. The molecule has 0 aliphatic heterocycles. The molecule has 2 aromatic heterocycles. The molecule has 18 aromatic carbocycles. The van der Waals surface area contributed by atoms with E-state index < -0.39 is 0 Å². The molecule has 0 amide bonds. The number of fused-ring (bicyclic) bond motifs is 9. The van der Waals surface area contributed by atoms with Crippen molar-refractivity contribution in [1.82, 2.24) is 0 Å². The number of hydrogen-bond donors (Lipinski definition) is 0. The van der Waals surface area contributed by atoms with Gasteiger partial charge in [-0.3, -0.25) is 0 Å². The summed E-state index contributed by atoms with van der Waals surface area (Å²) in [6.07, 6.45) is 1.68. The molecule has 4 heteroatoms. The number of nitrogens with zero attached hydrogens (tertiary/aromatic N) is 2. The van der Waals surface area contributed by atoms with E-state index in [1.165, 1.54) is 81.4 Å². The van der Waals surface area contributed by atoms with E-state index in [1.54, 1.807) is 0 Å². The van der Waals surface area contributed by atoms with E-state index in [-0.39, 0.29) is 5.41 Å². The van der Waals surface area contributed by atoms with Crippen molar-refractivity contribution in [3.8, 4) is 122 Å². The SMILES string of the molecule is CCc1cc(-c2cccc(-c3ccccc3-c3c(-c4ccccc4)cccc3N(c3ccc4c(c3)-c3ccccc3C4(C)C)c3ccccc3-c3cccc4c3sc3ccccc34)c2)ccc1-c1cc(N(c2ccc(-c3ccc4c(c3)oc3ccccc34)cc2)c2cccc(-c3ccccc3)c2-c2ccccc2-c2ccccc2)ccc1CC. The summed E-state index contributed by atoms with van der Waals surface area (Å²) in [4.78, 5) is 5.08. The summed E-state index contributed by atoms with van der Waals surface area (Å²) >= 11 is 1.88. The van der Waals surface area contributed by atoms with Crippen LogP contribution in [0.1, 0.15) is 49.9 Å². The topological polar surface area (TPSA) is 19.6 Å². The quantitative estimate of drug-likeness (QED) is 0.0854. The number of benzene rings is 18. The first-order valence-electron chi connectivity index (χ1n) is 41.6. The monoisotopic (exact) mass is 1540 g/mol. The summed E-state index contributed by atoms with van der Waals surface area (Å²) in [6.45, 7) is 9.35. The summed E-state index contributed by atoms with van der Waals surface area (Å²) < 4.78 is 9.03. The smallest absolute Gasteiger partial charge is 0.136 e. The molecule has 0 saturated carbocycles. The average Bonchev–Trinajstić information content (AvgIpc) is 1.68. The molecule has 0 spiro atoms. The van der Waals surface area contributed by atoms with Crippen LogP contribution in [-0.4, -0.2) is 0 Å². The molecule has 0 atom stereocenters. The first kappa shape index (κ1) is 72.3. The number of hydrogen-bond acceptors (Lipinski definition) is 4. The Bertz CT molecular complexity index is 7290. The van der Waals surface area contributed by atoms with E-state index in [4.69, 9.17) is 4.42 Å². The van der Waals surface area contributed by atoms with Gasteiger partial charge in [-0.1, -0.05) is 355 Å². The maximum absolute atomic E-state index is 6.47. The Hall–Kier alpha value is -14.4. The van der Waals surface area contributed by atoms with Crippen LogP contribution in [0.15, 0.2) is 417 Å². The third kappa shape index (κ3) is 12.7. The number of furan rings is 1. The van der Waals surface area contributed by atoms with Gasteiger partial charge in [-0.05, 0) is 220 Å². The van der Waals surface area contributed by atoms with E-state index in [0.29, 0.717) is 0 Å². The summed E-state index contributed by atoms with van der Waals surface area (Å²) in [7, 11) is 0. The van der Waals surface area contributed by atoms with Gasteiger partial charge >= 0.3 is 0 Å². The summed E-state index contributed by atoms with van der Waals surface area (Å²) in [5.74, 6) is 0. The van der Waals surface area contributed by atoms with Gasteiger partial charge in [0, 0.05) is 75.7 Å². The largest absolute Gasteiger partial charge is 0.456 e. The molecule has 21 rings (SSSR count). The highest BCUT2D eigenvalue weighted by Crippen LogP contribution is 2.56. The fraction of sp³-hybridized carbons (Fsp3) is 0.0609. The number of anilines is 6. The Balaban J connectivity index is 0.704. The first-order chi connectivity index (χ1) is 58.7. The van der Waals surface area contributed by atoms with Gasteiger partial charge in [-0.15, -0.1) is 11.3 Å². The van der Waals surface area contributed by atoms with Gasteiger partial charge in [0.25, 0.3) is 0 Å². The van der Waals surface area contributed by atoms with Crippen LogP contribution in [-0.2, 0) is 18.3 Å². The molecule has 3 nitrogen and oxygen atoms in total. The van der Waals surface area contributed by atoms with Crippen LogP contribution in [0.4, 0.5) is 34.1 Å². The Morgan fingerprint density at radius 2 is 0.697 bits per heavy atom. The van der Waals surface area contributed by atoms with Crippen LogP contribution in [0, 0.1) is 0 Å². The van der Waals surface area contributed by atoms with E-state index in [9.17, 15) is 0 Å². The molecule has 0 N–H and O–H groups in total. The molecular formula is C115H84N2OS. The van der Waals surface area contributed by atoms with Gasteiger partial charge in [0.15, 0.2) is 0 Å². The van der Waals surface area contributed by atoms with Gasteiger partial charge in [0.1, 0.15) is 11.2 Å². The summed E-state index contributed by atoms with van der Waals surface area (Å²) in [6, 6.07) is 153. The molecule has 119 heavy (non-hydrogen) atoms. The molecule has 0 unspecified atom stereocenters. The number of rotatable bonds is 18. The molecule has 2 heterocycles. The van der Waals surface area contributed by atoms with Crippen LogP contribution in [0.2, 0.25) is 0 Å². The minimum atomic E-state index is -0.171. The predicted octanol–water partition coefficient (Wildman–Crippen LogP) is 33.0. The van der Waals surface area contributed by atoms with Crippen molar-refractivity contribution in [1.29, 1.82) is 0 Å². The highest BCUT2D eigenvalue weighted by Gasteiger charge is 2.37. The minimum absolute atomic E-state index is 0.171. The van der Waals surface area contributed by atoms with E-state index >= 15 is 0 Å². The minimum Gasteiger partial charge on any atom is -0.456 e. The van der Waals surface area contributed by atoms with Crippen LogP contribution < -0.4 is 9.80 Å². The molecular weight excluding hydrogens is 1460 g/mol. The van der Waals surface area contributed by atoms with Crippen LogP contribution in [0.3, 0.4) is 0 Å². The van der Waals surface area contributed by atoms with Gasteiger partial charge in [0.05, 0.1) is 17.1 Å². The van der Waals surface area contributed by atoms with E-state index in [1.807, 2.05) is 17.4 Å². The Kier molecular flexibility index (Phi) is 18.4. The summed E-state index contributed by atoms with van der Waals surface area (Å²) in [5, 5.41) is 4.80. The number of thiophene rings is 1. The fourth-order valence-electron chi connectivity index (χ4n) is 19.0. The molecule has 20 aromatic rings. The van der Waals surface area contributed by atoms with Crippen molar-refractivity contribution in [3.63, 3.8) is 0 Å². The number of para-hydroxylation sites is 2. The fourth-order valence-corrected chi connectivity index (χ4v) is 20.2. The van der Waals surface area contributed by atoms with Crippen molar-refractivity contribution < 1.29 is 4.42 Å². The van der Waals surface area contributed by atoms with Crippen molar-refractivity contribution in [3.05, 3.63) is 435 Å².